The average molecular weight is 281 g/mol. The summed E-state index contributed by atoms with van der Waals surface area (Å²) in [7, 11) is 1.42. The third-order valence-electron chi connectivity index (χ3n) is 3.27. The lowest BCUT2D eigenvalue weighted by Crippen LogP contribution is -2.62. The smallest absolute Gasteiger partial charge is 0.307 e. The van der Waals surface area contributed by atoms with E-state index in [-0.39, 0.29) is 0 Å². The molecule has 7 nitrogen and oxygen atoms in total. The van der Waals surface area contributed by atoms with E-state index < -0.39 is 23.6 Å². The van der Waals surface area contributed by atoms with Gasteiger partial charge in [-0.3, -0.25) is 15.0 Å². The largest absolute Gasteiger partial charge is 0.324 e. The van der Waals surface area contributed by atoms with E-state index in [2.05, 4.69) is 16.0 Å². The summed E-state index contributed by atoms with van der Waals surface area (Å²) in [4.78, 5) is 36.6. The van der Waals surface area contributed by atoms with Gasteiger partial charge in [-0.25, -0.2) is 9.59 Å². The number of hydrogen-bond acceptors (Lipinski definition) is 3. The standard InChI is InChI=1S/C11H9ClN4O3/c1-16-10(19)13-7-3-2-5(12)4-6(7)11(16)8(17)14-9(18)15-11/h2-4H,1H3,(H,13,19)(H2,14,15,17,18)/t11-/m0/s1. The summed E-state index contributed by atoms with van der Waals surface area (Å²) in [6.07, 6.45) is 0. The molecule has 8 heteroatoms. The number of fused-ring (bicyclic) bond motifs is 2. The first-order valence-electron chi connectivity index (χ1n) is 5.43. The molecule has 2 aliphatic rings. The molecule has 0 aromatic heterocycles. The van der Waals surface area contributed by atoms with Gasteiger partial charge < -0.3 is 10.6 Å². The fourth-order valence-corrected chi connectivity index (χ4v) is 2.50. The number of rotatable bonds is 0. The topological polar surface area (TPSA) is 90.5 Å². The Hall–Kier alpha value is -2.28. The predicted octanol–water partition coefficient (Wildman–Crippen LogP) is 0.809. The minimum absolute atomic E-state index is 0.400. The van der Waals surface area contributed by atoms with Gasteiger partial charge in [0.1, 0.15) is 0 Å². The normalized spacial score (nSPS) is 24.9. The molecule has 0 saturated carbocycles. The van der Waals surface area contributed by atoms with Crippen LogP contribution in [-0.2, 0) is 10.5 Å². The number of carbonyl (C=O) groups is 3. The van der Waals surface area contributed by atoms with Crippen molar-refractivity contribution in [1.82, 2.24) is 15.5 Å². The molecule has 1 atom stereocenters. The number of likely N-dealkylation sites (N-methyl/N-ethyl adjacent to an activating group) is 1. The molecule has 0 bridgehead atoms. The molecule has 0 aliphatic carbocycles. The number of halogens is 1. The Morgan fingerprint density at radius 2 is 1.95 bits per heavy atom. The molecule has 1 aromatic rings. The van der Waals surface area contributed by atoms with E-state index in [1.807, 2.05) is 0 Å². The lowest BCUT2D eigenvalue weighted by atomic mass is 9.94. The predicted molar refractivity (Wildman–Crippen MR) is 66.6 cm³/mol. The maximum absolute atomic E-state index is 12.1. The van der Waals surface area contributed by atoms with Gasteiger partial charge in [-0.1, -0.05) is 11.6 Å². The molecule has 19 heavy (non-hydrogen) atoms. The van der Waals surface area contributed by atoms with Crippen molar-refractivity contribution in [3.63, 3.8) is 0 Å². The maximum Gasteiger partial charge on any atom is 0.324 e. The Kier molecular flexibility index (Phi) is 2.24. The second kappa shape index (κ2) is 3.61. The molecule has 1 saturated heterocycles. The Balaban J connectivity index is 2.29. The SMILES string of the molecule is CN1C(=O)Nc2ccc(Cl)cc2[C@]12NC(=O)NC2=O. The number of hydrogen-bond donors (Lipinski definition) is 3. The molecule has 3 N–H and O–H groups in total. The first kappa shape index (κ1) is 11.8. The lowest BCUT2D eigenvalue weighted by Gasteiger charge is -2.40. The Labute approximate surface area is 112 Å². The fourth-order valence-electron chi connectivity index (χ4n) is 2.33. The van der Waals surface area contributed by atoms with Crippen molar-refractivity contribution >= 4 is 35.3 Å². The summed E-state index contributed by atoms with van der Waals surface area (Å²) in [5, 5.41) is 7.64. The zero-order valence-corrected chi connectivity index (χ0v) is 10.5. The number of amides is 5. The molecule has 1 spiro atoms. The van der Waals surface area contributed by atoms with E-state index in [1.165, 1.54) is 13.1 Å². The van der Waals surface area contributed by atoms with Gasteiger partial charge in [-0.15, -0.1) is 0 Å². The van der Waals surface area contributed by atoms with Crippen LogP contribution in [-0.4, -0.2) is 29.9 Å². The summed E-state index contributed by atoms with van der Waals surface area (Å²) in [5.74, 6) is -0.613. The van der Waals surface area contributed by atoms with Crippen molar-refractivity contribution in [2.75, 3.05) is 12.4 Å². The molecule has 5 amide bonds. The molecule has 1 fully saturated rings. The van der Waals surface area contributed by atoms with E-state index >= 15 is 0 Å². The van der Waals surface area contributed by atoms with E-state index in [0.29, 0.717) is 16.3 Å². The molecular weight excluding hydrogens is 272 g/mol. The number of benzene rings is 1. The first-order valence-corrected chi connectivity index (χ1v) is 5.81. The molecule has 1 aromatic carbocycles. The van der Waals surface area contributed by atoms with Gasteiger partial charge in [0.15, 0.2) is 0 Å². The van der Waals surface area contributed by atoms with Crippen LogP contribution in [0.3, 0.4) is 0 Å². The monoisotopic (exact) mass is 280 g/mol. The summed E-state index contributed by atoms with van der Waals surface area (Å²) in [5.41, 5.74) is -0.699. The highest BCUT2D eigenvalue weighted by atomic mass is 35.5. The molecule has 0 radical (unpaired) electrons. The van der Waals surface area contributed by atoms with Crippen molar-refractivity contribution in [1.29, 1.82) is 0 Å². The van der Waals surface area contributed by atoms with Crippen LogP contribution >= 0.6 is 11.6 Å². The Morgan fingerprint density at radius 1 is 1.21 bits per heavy atom. The second-order valence-electron chi connectivity index (χ2n) is 4.30. The molecule has 0 unspecified atom stereocenters. The first-order chi connectivity index (χ1) is 8.95. The van der Waals surface area contributed by atoms with Crippen LogP contribution in [0.5, 0.6) is 0 Å². The second-order valence-corrected chi connectivity index (χ2v) is 4.73. The van der Waals surface area contributed by atoms with Crippen LogP contribution in [0.2, 0.25) is 5.02 Å². The molecule has 3 rings (SSSR count). The lowest BCUT2D eigenvalue weighted by molar-refractivity contribution is -0.129. The maximum atomic E-state index is 12.1. The van der Waals surface area contributed by atoms with Crippen LogP contribution in [0, 0.1) is 0 Å². The van der Waals surface area contributed by atoms with E-state index in [4.69, 9.17) is 11.6 Å². The summed E-state index contributed by atoms with van der Waals surface area (Å²) >= 11 is 5.93. The number of imide groups is 1. The number of urea groups is 2. The van der Waals surface area contributed by atoms with Gasteiger partial charge in [-0.2, -0.15) is 0 Å². The number of nitrogens with one attached hydrogen (secondary N) is 3. The van der Waals surface area contributed by atoms with Crippen molar-refractivity contribution in [3.05, 3.63) is 28.8 Å². The zero-order chi connectivity index (χ0) is 13.8. The van der Waals surface area contributed by atoms with Crippen LogP contribution in [0.1, 0.15) is 5.56 Å². The summed E-state index contributed by atoms with van der Waals surface area (Å²) in [6.45, 7) is 0. The van der Waals surface area contributed by atoms with Crippen LogP contribution < -0.4 is 16.0 Å². The van der Waals surface area contributed by atoms with Gasteiger partial charge in [-0.05, 0) is 18.2 Å². The number of carbonyl (C=O) groups excluding carboxylic acids is 3. The highest BCUT2D eigenvalue weighted by Crippen LogP contribution is 2.38. The van der Waals surface area contributed by atoms with Crippen molar-refractivity contribution in [3.8, 4) is 0 Å². The number of anilines is 1. The van der Waals surface area contributed by atoms with Crippen molar-refractivity contribution in [2.45, 2.75) is 5.66 Å². The quantitative estimate of drug-likeness (QED) is 0.614. The highest BCUT2D eigenvalue weighted by Gasteiger charge is 2.56. The highest BCUT2D eigenvalue weighted by molar-refractivity contribution is 6.31. The van der Waals surface area contributed by atoms with E-state index in [9.17, 15) is 14.4 Å². The molecule has 2 aliphatic heterocycles. The van der Waals surface area contributed by atoms with E-state index in [1.54, 1.807) is 12.1 Å². The Bertz CT molecular complexity index is 632. The van der Waals surface area contributed by atoms with Gasteiger partial charge in [0.2, 0.25) is 5.66 Å². The number of nitrogens with zero attached hydrogens (tertiary/aromatic N) is 1. The summed E-state index contributed by atoms with van der Waals surface area (Å²) in [6, 6.07) is 3.57. The minimum atomic E-state index is -1.56. The van der Waals surface area contributed by atoms with Gasteiger partial charge in [0.25, 0.3) is 5.91 Å². The van der Waals surface area contributed by atoms with Crippen LogP contribution in [0.15, 0.2) is 18.2 Å². The summed E-state index contributed by atoms with van der Waals surface area (Å²) < 4.78 is 0. The van der Waals surface area contributed by atoms with Crippen LogP contribution in [0.25, 0.3) is 0 Å². The third-order valence-corrected chi connectivity index (χ3v) is 3.51. The minimum Gasteiger partial charge on any atom is -0.307 e. The molecule has 98 valence electrons. The van der Waals surface area contributed by atoms with Crippen molar-refractivity contribution < 1.29 is 14.4 Å². The van der Waals surface area contributed by atoms with Gasteiger partial charge in [0.05, 0.1) is 5.69 Å². The van der Waals surface area contributed by atoms with Crippen LogP contribution in [0.4, 0.5) is 15.3 Å². The molecule has 2 heterocycles. The van der Waals surface area contributed by atoms with Crippen molar-refractivity contribution in [2.24, 2.45) is 0 Å². The zero-order valence-electron chi connectivity index (χ0n) is 9.78. The van der Waals surface area contributed by atoms with Gasteiger partial charge in [0, 0.05) is 17.6 Å². The average Bonchev–Trinajstić information content (AvgIpc) is 2.64. The molecular formula is C11H9ClN4O3. The third kappa shape index (κ3) is 1.42. The van der Waals surface area contributed by atoms with E-state index in [0.717, 1.165) is 4.90 Å². The fraction of sp³-hybridized carbons (Fsp3) is 0.182. The van der Waals surface area contributed by atoms with Gasteiger partial charge >= 0.3 is 12.1 Å². The Morgan fingerprint density at radius 3 is 2.58 bits per heavy atom.